The number of fused-ring (bicyclic) bond motifs is 1. The van der Waals surface area contributed by atoms with Crippen LogP contribution in [0.5, 0.6) is 0 Å². The maximum absolute atomic E-state index is 13.2. The van der Waals surface area contributed by atoms with Crippen molar-refractivity contribution in [1.82, 2.24) is 30.1 Å². The van der Waals surface area contributed by atoms with E-state index in [1.165, 1.54) is 0 Å². The van der Waals surface area contributed by atoms with Crippen molar-refractivity contribution in [3.8, 4) is 0 Å². The Morgan fingerprint density at radius 2 is 2.07 bits per heavy atom. The van der Waals surface area contributed by atoms with Crippen LogP contribution < -0.4 is 5.56 Å². The topological polar surface area (TPSA) is 114 Å². The van der Waals surface area contributed by atoms with Crippen LogP contribution in [-0.4, -0.2) is 60.8 Å². The lowest BCUT2D eigenvalue weighted by Gasteiger charge is -2.38. The zero-order valence-electron chi connectivity index (χ0n) is 16.5. The highest BCUT2D eigenvalue weighted by Crippen LogP contribution is 2.27. The van der Waals surface area contributed by atoms with Gasteiger partial charge in [0.2, 0.25) is 5.91 Å². The summed E-state index contributed by atoms with van der Waals surface area (Å²) in [5.41, 5.74) is 1.38. The minimum Gasteiger partial charge on any atom is -0.341 e. The Bertz CT molecular complexity index is 1040. The number of aryl methyl sites for hydroxylation is 2. The molecule has 4 rings (SSSR count). The third kappa shape index (κ3) is 4.14. The SMILES string of the molecule is CC(F)(F)Cn1nnnc1C1CN(C(=O)CCc2cc3c([nH]c2=O)CCCC3=O)C1. The molecular formula is C19H22F2N6O3. The van der Waals surface area contributed by atoms with Crippen LogP contribution in [0.25, 0.3) is 0 Å². The van der Waals surface area contributed by atoms with E-state index < -0.39 is 12.5 Å². The first kappa shape index (κ1) is 20.3. The molecule has 1 saturated heterocycles. The summed E-state index contributed by atoms with van der Waals surface area (Å²) < 4.78 is 27.6. The van der Waals surface area contributed by atoms with Crippen molar-refractivity contribution in [3.05, 3.63) is 39.1 Å². The molecule has 3 heterocycles. The normalized spacial score (nSPS) is 17.0. The van der Waals surface area contributed by atoms with Crippen LogP contribution in [0.15, 0.2) is 10.9 Å². The number of rotatable bonds is 6. The Labute approximate surface area is 170 Å². The fourth-order valence-corrected chi connectivity index (χ4v) is 3.93. The largest absolute Gasteiger partial charge is 0.341 e. The number of pyridine rings is 1. The van der Waals surface area contributed by atoms with E-state index in [9.17, 15) is 23.2 Å². The number of ketones is 1. The van der Waals surface area contributed by atoms with E-state index in [1.54, 1.807) is 11.0 Å². The molecule has 1 N–H and O–H groups in total. The summed E-state index contributed by atoms with van der Waals surface area (Å²) in [5.74, 6) is -2.93. The van der Waals surface area contributed by atoms with Crippen LogP contribution in [0.1, 0.15) is 59.5 Å². The minimum atomic E-state index is -2.94. The van der Waals surface area contributed by atoms with Gasteiger partial charge in [0.25, 0.3) is 11.5 Å². The fraction of sp³-hybridized carbons (Fsp3) is 0.579. The van der Waals surface area contributed by atoms with Gasteiger partial charge in [-0.2, -0.15) is 0 Å². The zero-order chi connectivity index (χ0) is 21.5. The van der Waals surface area contributed by atoms with Crippen molar-refractivity contribution in [3.63, 3.8) is 0 Å². The highest BCUT2D eigenvalue weighted by atomic mass is 19.3. The van der Waals surface area contributed by atoms with E-state index in [4.69, 9.17) is 0 Å². The number of hydrogen-bond donors (Lipinski definition) is 1. The molecule has 2 aliphatic rings. The van der Waals surface area contributed by atoms with Gasteiger partial charge >= 0.3 is 0 Å². The summed E-state index contributed by atoms with van der Waals surface area (Å²) in [6, 6.07) is 1.61. The Morgan fingerprint density at radius 3 is 2.80 bits per heavy atom. The number of Topliss-reactive ketones (excluding diaryl/α,β-unsaturated/α-hetero) is 1. The monoisotopic (exact) mass is 420 g/mol. The lowest BCUT2D eigenvalue weighted by atomic mass is 9.93. The zero-order valence-corrected chi connectivity index (χ0v) is 16.5. The number of aromatic amines is 1. The second-order valence-electron chi connectivity index (χ2n) is 8.05. The molecule has 9 nitrogen and oxygen atoms in total. The van der Waals surface area contributed by atoms with Gasteiger partial charge in [0.05, 0.1) is 5.92 Å². The van der Waals surface area contributed by atoms with Crippen LogP contribution in [0.3, 0.4) is 0 Å². The third-order valence-corrected chi connectivity index (χ3v) is 5.53. The van der Waals surface area contributed by atoms with Gasteiger partial charge in [-0.3, -0.25) is 14.4 Å². The lowest BCUT2D eigenvalue weighted by Crippen LogP contribution is -2.49. The van der Waals surface area contributed by atoms with Crippen molar-refractivity contribution in [2.75, 3.05) is 13.1 Å². The Balaban J connectivity index is 1.34. The van der Waals surface area contributed by atoms with Crippen molar-refractivity contribution in [2.24, 2.45) is 0 Å². The van der Waals surface area contributed by atoms with Gasteiger partial charge in [0.15, 0.2) is 11.6 Å². The summed E-state index contributed by atoms with van der Waals surface area (Å²) in [5, 5.41) is 10.9. The van der Waals surface area contributed by atoms with Crippen LogP contribution in [-0.2, 0) is 24.2 Å². The molecule has 0 unspecified atom stereocenters. The average molecular weight is 420 g/mol. The van der Waals surface area contributed by atoms with Gasteiger partial charge in [-0.25, -0.2) is 13.5 Å². The molecule has 2 aromatic heterocycles. The molecule has 0 saturated carbocycles. The smallest absolute Gasteiger partial charge is 0.264 e. The maximum atomic E-state index is 13.2. The van der Waals surface area contributed by atoms with E-state index in [0.717, 1.165) is 18.0 Å². The quantitative estimate of drug-likeness (QED) is 0.749. The van der Waals surface area contributed by atoms with Crippen LogP contribution in [0.4, 0.5) is 8.78 Å². The number of nitrogens with zero attached hydrogens (tertiary/aromatic N) is 5. The molecule has 11 heteroatoms. The fourth-order valence-electron chi connectivity index (χ4n) is 3.93. The Hall–Kier alpha value is -2.98. The van der Waals surface area contributed by atoms with Gasteiger partial charge in [0, 0.05) is 49.7 Å². The average Bonchev–Trinajstić information content (AvgIpc) is 3.05. The number of carbonyl (C=O) groups excluding carboxylic acids is 2. The Morgan fingerprint density at radius 1 is 1.30 bits per heavy atom. The molecule has 0 atom stereocenters. The number of hydrogen-bond acceptors (Lipinski definition) is 6. The standard InChI is InChI=1S/C19H22F2N6O3/c1-19(20,21)10-27-17(23-24-25-27)12-8-26(9-12)16(29)6-5-11-7-13-14(22-18(11)30)3-2-4-15(13)28/h7,12H,2-6,8-10H2,1H3,(H,22,30). The number of tetrazole rings is 1. The number of nitrogens with one attached hydrogen (secondary N) is 1. The number of aromatic nitrogens is 5. The number of amides is 1. The van der Waals surface area contributed by atoms with Gasteiger partial charge in [-0.1, -0.05) is 0 Å². The maximum Gasteiger partial charge on any atom is 0.264 e. The van der Waals surface area contributed by atoms with Crippen molar-refractivity contribution in [2.45, 2.75) is 57.4 Å². The van der Waals surface area contributed by atoms with Crippen LogP contribution >= 0.6 is 0 Å². The number of H-pyrrole nitrogens is 1. The molecule has 1 amide bonds. The van der Waals surface area contributed by atoms with E-state index >= 15 is 0 Å². The second-order valence-corrected chi connectivity index (χ2v) is 8.05. The third-order valence-electron chi connectivity index (χ3n) is 5.53. The minimum absolute atomic E-state index is 0.0149. The van der Waals surface area contributed by atoms with Crippen molar-refractivity contribution >= 4 is 11.7 Å². The van der Waals surface area contributed by atoms with E-state index in [-0.39, 0.29) is 36.0 Å². The highest BCUT2D eigenvalue weighted by Gasteiger charge is 2.36. The molecule has 160 valence electrons. The van der Waals surface area contributed by atoms with Crippen molar-refractivity contribution < 1.29 is 18.4 Å². The van der Waals surface area contributed by atoms with E-state index in [0.29, 0.717) is 48.6 Å². The van der Waals surface area contributed by atoms with Gasteiger partial charge in [0.1, 0.15) is 6.54 Å². The molecule has 0 spiro atoms. The first-order valence-corrected chi connectivity index (χ1v) is 9.91. The van der Waals surface area contributed by atoms with Crippen LogP contribution in [0.2, 0.25) is 0 Å². The number of halogens is 2. The molecular weight excluding hydrogens is 398 g/mol. The lowest BCUT2D eigenvalue weighted by molar-refractivity contribution is -0.135. The molecule has 0 bridgehead atoms. The number of likely N-dealkylation sites (tertiary alicyclic amines) is 1. The first-order valence-electron chi connectivity index (χ1n) is 9.91. The van der Waals surface area contributed by atoms with Gasteiger partial charge in [-0.05, 0) is 35.8 Å². The van der Waals surface area contributed by atoms with Gasteiger partial charge < -0.3 is 9.88 Å². The number of alkyl halides is 2. The summed E-state index contributed by atoms with van der Waals surface area (Å²) >= 11 is 0. The summed E-state index contributed by atoms with van der Waals surface area (Å²) in [7, 11) is 0. The van der Waals surface area contributed by atoms with E-state index in [1.807, 2.05) is 0 Å². The molecule has 0 radical (unpaired) electrons. The van der Waals surface area contributed by atoms with Crippen molar-refractivity contribution in [1.29, 1.82) is 0 Å². The summed E-state index contributed by atoms with van der Waals surface area (Å²) in [4.78, 5) is 41.1. The molecule has 1 aliphatic carbocycles. The summed E-state index contributed by atoms with van der Waals surface area (Å²) in [6.45, 7) is 0.867. The van der Waals surface area contributed by atoms with Gasteiger partial charge in [-0.15, -0.1) is 5.10 Å². The highest BCUT2D eigenvalue weighted by molar-refractivity contribution is 5.98. The predicted octanol–water partition coefficient (Wildman–Crippen LogP) is 1.09. The molecule has 1 fully saturated rings. The molecule has 0 aromatic carbocycles. The molecule has 1 aliphatic heterocycles. The summed E-state index contributed by atoms with van der Waals surface area (Å²) in [6.07, 6.45) is 2.23. The Kier molecular flexibility index (Phi) is 5.20. The number of carbonyl (C=O) groups is 2. The predicted molar refractivity (Wildman–Crippen MR) is 100 cm³/mol. The molecule has 2 aromatic rings. The van der Waals surface area contributed by atoms with Crippen LogP contribution in [0, 0.1) is 0 Å². The molecule has 30 heavy (non-hydrogen) atoms. The second kappa shape index (κ2) is 7.69. The first-order chi connectivity index (χ1) is 14.2. The van der Waals surface area contributed by atoms with E-state index in [2.05, 4.69) is 20.5 Å².